The number of para-hydroxylation sites is 1. The van der Waals surface area contributed by atoms with Crippen molar-refractivity contribution in [1.29, 1.82) is 0 Å². The maximum absolute atomic E-state index is 11.7. The zero-order chi connectivity index (χ0) is 17.2. The first-order valence-corrected chi connectivity index (χ1v) is 9.05. The summed E-state index contributed by atoms with van der Waals surface area (Å²) in [6.45, 7) is 2.04. The molecule has 0 aliphatic heterocycles. The molecule has 0 unspecified atom stereocenters. The van der Waals surface area contributed by atoms with Crippen LogP contribution in [-0.2, 0) is 10.0 Å². The molecule has 0 bridgehead atoms. The van der Waals surface area contributed by atoms with Crippen LogP contribution < -0.4 is 10.5 Å². The van der Waals surface area contributed by atoms with Gasteiger partial charge in [-0.05, 0) is 42.3 Å². The number of nitrogens with one attached hydrogen (secondary N) is 1. The second kappa shape index (κ2) is 6.47. The van der Waals surface area contributed by atoms with E-state index in [0.717, 1.165) is 22.5 Å². The predicted molar refractivity (Wildman–Crippen MR) is 97.7 cm³/mol. The lowest BCUT2D eigenvalue weighted by molar-refractivity contribution is 0.598. The Balaban J connectivity index is 1.93. The van der Waals surface area contributed by atoms with E-state index in [9.17, 15) is 8.42 Å². The molecule has 0 aromatic heterocycles. The van der Waals surface area contributed by atoms with Crippen molar-refractivity contribution in [3.8, 4) is 11.1 Å². The smallest absolute Gasteiger partial charge is 0.238 e. The van der Waals surface area contributed by atoms with E-state index >= 15 is 0 Å². The van der Waals surface area contributed by atoms with Crippen molar-refractivity contribution in [3.05, 3.63) is 78.4 Å². The molecule has 0 saturated heterocycles. The van der Waals surface area contributed by atoms with E-state index in [2.05, 4.69) is 5.32 Å². The van der Waals surface area contributed by atoms with E-state index < -0.39 is 10.0 Å². The van der Waals surface area contributed by atoms with Gasteiger partial charge in [0.15, 0.2) is 0 Å². The van der Waals surface area contributed by atoms with E-state index in [0.29, 0.717) is 5.56 Å². The lowest BCUT2D eigenvalue weighted by atomic mass is 10.1. The van der Waals surface area contributed by atoms with Gasteiger partial charge in [0, 0.05) is 16.9 Å². The number of rotatable bonds is 4. The molecule has 0 radical (unpaired) electrons. The summed E-state index contributed by atoms with van der Waals surface area (Å²) >= 11 is 0. The van der Waals surface area contributed by atoms with Gasteiger partial charge >= 0.3 is 0 Å². The summed E-state index contributed by atoms with van der Waals surface area (Å²) < 4.78 is 23.5. The van der Waals surface area contributed by atoms with Crippen LogP contribution in [0, 0.1) is 6.92 Å². The molecule has 3 N–H and O–H groups in total. The molecule has 0 heterocycles. The Hall–Kier alpha value is -2.63. The van der Waals surface area contributed by atoms with Gasteiger partial charge in [-0.2, -0.15) is 0 Å². The molecule has 24 heavy (non-hydrogen) atoms. The van der Waals surface area contributed by atoms with Crippen molar-refractivity contribution in [3.63, 3.8) is 0 Å². The van der Waals surface area contributed by atoms with Gasteiger partial charge in [0.2, 0.25) is 10.0 Å². The fourth-order valence-electron chi connectivity index (χ4n) is 2.56. The first kappa shape index (κ1) is 16.2. The van der Waals surface area contributed by atoms with Gasteiger partial charge in [-0.25, -0.2) is 13.6 Å². The highest BCUT2D eigenvalue weighted by atomic mass is 32.2. The maximum Gasteiger partial charge on any atom is 0.238 e. The average molecular weight is 338 g/mol. The Morgan fingerprint density at radius 3 is 2.12 bits per heavy atom. The van der Waals surface area contributed by atoms with E-state index in [1.165, 1.54) is 6.07 Å². The van der Waals surface area contributed by atoms with Crippen molar-refractivity contribution in [2.45, 2.75) is 11.8 Å². The fourth-order valence-corrected chi connectivity index (χ4v) is 3.32. The van der Waals surface area contributed by atoms with Crippen molar-refractivity contribution in [2.24, 2.45) is 5.14 Å². The molecule has 3 rings (SSSR count). The Morgan fingerprint density at radius 1 is 0.833 bits per heavy atom. The van der Waals surface area contributed by atoms with Gasteiger partial charge < -0.3 is 5.32 Å². The summed E-state index contributed by atoms with van der Waals surface area (Å²) in [7, 11) is -3.76. The lowest BCUT2D eigenvalue weighted by Crippen LogP contribution is -2.13. The van der Waals surface area contributed by atoms with Gasteiger partial charge in [-0.15, -0.1) is 0 Å². The normalized spacial score (nSPS) is 11.2. The summed E-state index contributed by atoms with van der Waals surface area (Å²) in [5.41, 5.74) is 4.52. The highest BCUT2D eigenvalue weighted by Gasteiger charge is 2.14. The van der Waals surface area contributed by atoms with Crippen molar-refractivity contribution in [2.75, 3.05) is 5.32 Å². The van der Waals surface area contributed by atoms with Gasteiger partial charge in [-0.3, -0.25) is 0 Å². The summed E-state index contributed by atoms with van der Waals surface area (Å²) in [5.74, 6) is 0. The number of anilines is 2. The van der Waals surface area contributed by atoms with E-state index in [4.69, 9.17) is 5.14 Å². The predicted octanol–water partition coefficient (Wildman–Crippen LogP) is 4.05. The van der Waals surface area contributed by atoms with Gasteiger partial charge in [0.05, 0.1) is 4.90 Å². The van der Waals surface area contributed by atoms with Crippen LogP contribution >= 0.6 is 0 Å². The molecule has 5 heteroatoms. The van der Waals surface area contributed by atoms with Crippen LogP contribution in [0.15, 0.2) is 77.7 Å². The van der Waals surface area contributed by atoms with Crippen molar-refractivity contribution in [1.82, 2.24) is 0 Å². The Kier molecular flexibility index (Phi) is 4.38. The largest absolute Gasteiger partial charge is 0.355 e. The number of benzene rings is 3. The zero-order valence-corrected chi connectivity index (χ0v) is 14.0. The number of hydrogen-bond acceptors (Lipinski definition) is 3. The molecule has 0 saturated carbocycles. The molecule has 0 fully saturated rings. The molecule has 0 atom stereocenters. The van der Waals surface area contributed by atoms with Crippen LogP contribution in [-0.4, -0.2) is 8.42 Å². The third kappa shape index (κ3) is 3.48. The average Bonchev–Trinajstić information content (AvgIpc) is 2.57. The standard InChI is InChI=1S/C19H18N2O2S/c1-14-6-2-4-8-18(14)21-16-12-10-15(11-13-16)17-7-3-5-9-19(17)24(20,22)23/h2-13,21H,1H3,(H2,20,22,23). The lowest BCUT2D eigenvalue weighted by Gasteiger charge is -2.11. The quantitative estimate of drug-likeness (QED) is 0.754. The van der Waals surface area contributed by atoms with Crippen LogP contribution in [0.25, 0.3) is 11.1 Å². The highest BCUT2D eigenvalue weighted by molar-refractivity contribution is 7.89. The number of nitrogens with two attached hydrogens (primary N) is 1. The van der Waals surface area contributed by atoms with E-state index in [1.54, 1.807) is 18.2 Å². The van der Waals surface area contributed by atoms with Crippen molar-refractivity contribution < 1.29 is 8.42 Å². The third-order valence-electron chi connectivity index (χ3n) is 3.81. The number of hydrogen-bond donors (Lipinski definition) is 2. The third-order valence-corrected chi connectivity index (χ3v) is 4.78. The molecule has 0 spiro atoms. The minimum Gasteiger partial charge on any atom is -0.355 e. The zero-order valence-electron chi connectivity index (χ0n) is 13.2. The minimum atomic E-state index is -3.76. The first-order valence-electron chi connectivity index (χ1n) is 7.50. The molecular weight excluding hydrogens is 320 g/mol. The van der Waals surface area contributed by atoms with Crippen LogP contribution in [0.4, 0.5) is 11.4 Å². The molecule has 0 aliphatic rings. The SMILES string of the molecule is Cc1ccccc1Nc1ccc(-c2ccccc2S(N)(=O)=O)cc1. The van der Waals surface area contributed by atoms with E-state index in [-0.39, 0.29) is 4.90 Å². The summed E-state index contributed by atoms with van der Waals surface area (Å²) in [4.78, 5) is 0.129. The van der Waals surface area contributed by atoms with Crippen molar-refractivity contribution >= 4 is 21.4 Å². The van der Waals surface area contributed by atoms with E-state index in [1.807, 2.05) is 55.5 Å². The van der Waals surface area contributed by atoms with Crippen LogP contribution in [0.3, 0.4) is 0 Å². The molecule has 3 aromatic rings. The Labute approximate surface area is 142 Å². The fraction of sp³-hybridized carbons (Fsp3) is 0.0526. The topological polar surface area (TPSA) is 72.2 Å². The number of primary sulfonamides is 1. The van der Waals surface area contributed by atoms with Crippen LogP contribution in [0.2, 0.25) is 0 Å². The van der Waals surface area contributed by atoms with Crippen LogP contribution in [0.1, 0.15) is 5.56 Å². The second-order valence-corrected chi connectivity index (χ2v) is 7.09. The van der Waals surface area contributed by atoms with Crippen LogP contribution in [0.5, 0.6) is 0 Å². The molecule has 3 aromatic carbocycles. The molecular formula is C19H18N2O2S. The minimum absolute atomic E-state index is 0.129. The first-order chi connectivity index (χ1) is 11.4. The second-order valence-electron chi connectivity index (χ2n) is 5.56. The number of sulfonamides is 1. The van der Waals surface area contributed by atoms with Gasteiger partial charge in [0.1, 0.15) is 0 Å². The van der Waals surface area contributed by atoms with Gasteiger partial charge in [0.25, 0.3) is 0 Å². The Morgan fingerprint density at radius 2 is 1.46 bits per heavy atom. The summed E-state index contributed by atoms with van der Waals surface area (Å²) in [6, 6.07) is 22.4. The molecule has 122 valence electrons. The van der Waals surface area contributed by atoms with Gasteiger partial charge in [-0.1, -0.05) is 48.5 Å². The number of aryl methyl sites for hydroxylation is 1. The summed E-state index contributed by atoms with van der Waals surface area (Å²) in [6.07, 6.45) is 0. The highest BCUT2D eigenvalue weighted by Crippen LogP contribution is 2.28. The monoisotopic (exact) mass is 338 g/mol. The Bertz CT molecular complexity index is 965. The molecule has 4 nitrogen and oxygen atoms in total. The maximum atomic E-state index is 11.7. The molecule has 0 amide bonds. The molecule has 0 aliphatic carbocycles. The summed E-state index contributed by atoms with van der Waals surface area (Å²) in [5, 5.41) is 8.66.